The summed E-state index contributed by atoms with van der Waals surface area (Å²) in [6.07, 6.45) is 3.68. The summed E-state index contributed by atoms with van der Waals surface area (Å²) in [5, 5.41) is 2.45. The first-order valence-electron chi connectivity index (χ1n) is 3.25. The van der Waals surface area contributed by atoms with Crippen molar-refractivity contribution in [2.45, 2.75) is 0 Å². The molecule has 1 aromatic heterocycles. The van der Waals surface area contributed by atoms with Crippen LogP contribution in [-0.2, 0) is 0 Å². The lowest BCUT2D eigenvalue weighted by atomic mass is 10.2. The van der Waals surface area contributed by atoms with Crippen molar-refractivity contribution in [3.8, 4) is 0 Å². The summed E-state index contributed by atoms with van der Waals surface area (Å²) in [5.41, 5.74) is 0. The second-order valence-corrected chi connectivity index (χ2v) is 2.22. The van der Waals surface area contributed by atoms with E-state index >= 15 is 0 Å². The van der Waals surface area contributed by atoms with Gasteiger partial charge in [0.1, 0.15) is 0 Å². The molecule has 72 valence electrons. The zero-order chi connectivity index (χ0) is 6.81. The second-order valence-electron chi connectivity index (χ2n) is 2.22. The van der Waals surface area contributed by atoms with Gasteiger partial charge in [-0.1, -0.05) is 24.3 Å². The van der Waals surface area contributed by atoms with Gasteiger partial charge in [-0.2, -0.15) is 0 Å². The summed E-state index contributed by atoms with van der Waals surface area (Å²) in [4.78, 5) is 4.01. The van der Waals surface area contributed by atoms with Crippen LogP contribution in [0.25, 0.3) is 10.8 Å². The molecule has 0 saturated carbocycles. The lowest BCUT2D eigenvalue weighted by Crippen LogP contribution is -1.71. The highest BCUT2D eigenvalue weighted by molar-refractivity contribution is 5.85. The van der Waals surface area contributed by atoms with Gasteiger partial charge in [0.25, 0.3) is 0 Å². The van der Waals surface area contributed by atoms with Crippen molar-refractivity contribution in [1.29, 1.82) is 0 Å². The first-order valence-corrected chi connectivity index (χ1v) is 3.25. The molecule has 0 fully saturated rings. The fraction of sp³-hybridized carbons (Fsp3) is 0. The number of fused-ring (bicyclic) bond motifs is 1. The summed E-state index contributed by atoms with van der Waals surface area (Å²) >= 11 is 0. The molecule has 0 unspecified atom stereocenters. The molecule has 0 amide bonds. The van der Waals surface area contributed by atoms with Crippen molar-refractivity contribution in [3.05, 3.63) is 42.7 Å². The van der Waals surface area contributed by atoms with E-state index in [0.717, 1.165) is 0 Å². The van der Waals surface area contributed by atoms with Crippen LogP contribution in [0.2, 0.25) is 0 Å². The zero-order valence-corrected chi connectivity index (χ0v) is 7.71. The highest BCUT2D eigenvalue weighted by Gasteiger charge is 1.86. The molecule has 4 N–H and O–H groups in total. The number of hydrogen-bond donors (Lipinski definition) is 0. The zero-order valence-electron chi connectivity index (χ0n) is 6.90. The number of rotatable bonds is 0. The summed E-state index contributed by atoms with van der Waals surface area (Å²) in [5.74, 6) is 0. The van der Waals surface area contributed by atoms with Crippen LogP contribution in [0.3, 0.4) is 0 Å². The molecule has 0 spiro atoms. The van der Waals surface area contributed by atoms with E-state index < -0.39 is 0 Å². The maximum absolute atomic E-state index is 4.01. The van der Waals surface area contributed by atoms with E-state index in [2.05, 4.69) is 17.1 Å². The molecular formula is C9H12ClNO2. The van der Waals surface area contributed by atoms with Gasteiger partial charge >= 0.3 is 0 Å². The predicted molar refractivity (Wildman–Crippen MR) is 56.2 cm³/mol. The molecule has 0 aliphatic rings. The van der Waals surface area contributed by atoms with Gasteiger partial charge in [0.15, 0.2) is 0 Å². The molecule has 0 bridgehead atoms. The maximum Gasteiger partial charge on any atom is 0.0346 e. The van der Waals surface area contributed by atoms with Crippen LogP contribution in [-0.4, -0.2) is 15.9 Å². The largest absolute Gasteiger partial charge is 0.412 e. The van der Waals surface area contributed by atoms with E-state index in [9.17, 15) is 0 Å². The van der Waals surface area contributed by atoms with Crippen molar-refractivity contribution in [1.82, 2.24) is 4.98 Å². The molecule has 1 aromatic carbocycles. The standard InChI is InChI=1S/C9H7N.ClH.2H2O/c1-2-4-9-7-10-6-5-8(9)3-1;;;/h1-7H;1H;2*1H2. The van der Waals surface area contributed by atoms with Gasteiger partial charge in [0, 0.05) is 12.4 Å². The third kappa shape index (κ3) is 2.99. The van der Waals surface area contributed by atoms with E-state index in [1.54, 1.807) is 0 Å². The molecular weight excluding hydrogens is 190 g/mol. The molecule has 13 heavy (non-hydrogen) atoms. The average Bonchev–Trinajstić information content (AvgIpc) is 2.05. The van der Waals surface area contributed by atoms with Crippen LogP contribution in [0.1, 0.15) is 0 Å². The third-order valence-corrected chi connectivity index (χ3v) is 1.55. The van der Waals surface area contributed by atoms with Gasteiger partial charge in [0.2, 0.25) is 0 Å². The van der Waals surface area contributed by atoms with Crippen LogP contribution in [0.15, 0.2) is 42.7 Å². The summed E-state index contributed by atoms with van der Waals surface area (Å²) < 4.78 is 0. The number of pyridine rings is 1. The fourth-order valence-electron chi connectivity index (χ4n) is 1.03. The Morgan fingerprint density at radius 1 is 0.846 bits per heavy atom. The minimum absolute atomic E-state index is 0. The molecule has 0 aliphatic carbocycles. The van der Waals surface area contributed by atoms with Gasteiger partial charge in [0.05, 0.1) is 0 Å². The highest BCUT2D eigenvalue weighted by Crippen LogP contribution is 2.09. The second kappa shape index (κ2) is 6.37. The predicted octanol–water partition coefficient (Wildman–Crippen LogP) is 1.01. The lowest BCUT2D eigenvalue weighted by molar-refractivity contribution is 0.823. The Labute approximate surface area is 82.4 Å². The number of nitrogens with zero attached hydrogens (tertiary/aromatic N) is 1. The van der Waals surface area contributed by atoms with Crippen LogP contribution in [0, 0.1) is 0 Å². The maximum atomic E-state index is 4.01. The van der Waals surface area contributed by atoms with Gasteiger partial charge in [-0.25, -0.2) is 0 Å². The van der Waals surface area contributed by atoms with Gasteiger partial charge in [-0.05, 0) is 16.8 Å². The minimum atomic E-state index is 0. The number of benzene rings is 1. The Bertz CT molecular complexity index is 289. The molecule has 2 rings (SSSR count). The van der Waals surface area contributed by atoms with E-state index in [4.69, 9.17) is 0 Å². The first kappa shape index (κ1) is 14.4. The first-order chi connectivity index (χ1) is 4.97. The Morgan fingerprint density at radius 3 is 2.08 bits per heavy atom. The number of aromatic nitrogens is 1. The van der Waals surface area contributed by atoms with Crippen molar-refractivity contribution >= 4 is 23.2 Å². The van der Waals surface area contributed by atoms with E-state index in [0.29, 0.717) is 0 Å². The normalized spacial score (nSPS) is 7.69. The van der Waals surface area contributed by atoms with E-state index in [-0.39, 0.29) is 23.4 Å². The summed E-state index contributed by atoms with van der Waals surface area (Å²) in [7, 11) is 0. The SMILES string of the molecule is Cl.O.O.c1ccc2cnccc2c1. The molecule has 0 aliphatic heterocycles. The van der Waals surface area contributed by atoms with Gasteiger partial charge in [-0.3, -0.25) is 4.98 Å². The highest BCUT2D eigenvalue weighted by atomic mass is 35.5. The van der Waals surface area contributed by atoms with Crippen molar-refractivity contribution in [3.63, 3.8) is 0 Å². The Kier molecular flexibility index (Phi) is 7.04. The molecule has 4 heteroatoms. The third-order valence-electron chi connectivity index (χ3n) is 1.55. The Hall–Kier alpha value is -1.16. The Morgan fingerprint density at radius 2 is 1.46 bits per heavy atom. The van der Waals surface area contributed by atoms with Gasteiger partial charge in [-0.15, -0.1) is 12.4 Å². The Balaban J connectivity index is 0. The summed E-state index contributed by atoms with van der Waals surface area (Å²) in [6, 6.07) is 10.2. The molecule has 1 heterocycles. The quantitative estimate of drug-likeness (QED) is 0.627. The average molecular weight is 202 g/mol. The minimum Gasteiger partial charge on any atom is -0.412 e. The van der Waals surface area contributed by atoms with E-state index in [1.165, 1.54) is 10.8 Å². The van der Waals surface area contributed by atoms with Gasteiger partial charge < -0.3 is 11.0 Å². The van der Waals surface area contributed by atoms with Crippen LogP contribution < -0.4 is 0 Å². The molecule has 0 saturated heterocycles. The summed E-state index contributed by atoms with van der Waals surface area (Å²) in [6.45, 7) is 0. The molecule has 0 radical (unpaired) electrons. The van der Waals surface area contributed by atoms with Crippen LogP contribution in [0.5, 0.6) is 0 Å². The fourth-order valence-corrected chi connectivity index (χ4v) is 1.03. The number of halogens is 1. The molecule has 3 nitrogen and oxygen atoms in total. The monoisotopic (exact) mass is 201 g/mol. The molecule has 0 atom stereocenters. The lowest BCUT2D eigenvalue weighted by Gasteiger charge is -1.91. The van der Waals surface area contributed by atoms with Crippen molar-refractivity contribution < 1.29 is 11.0 Å². The van der Waals surface area contributed by atoms with E-state index in [1.807, 2.05) is 30.6 Å². The van der Waals surface area contributed by atoms with Crippen molar-refractivity contribution in [2.24, 2.45) is 0 Å². The van der Waals surface area contributed by atoms with Crippen LogP contribution >= 0.6 is 12.4 Å². The number of hydrogen-bond acceptors (Lipinski definition) is 1. The molecule has 2 aromatic rings. The van der Waals surface area contributed by atoms with Crippen molar-refractivity contribution in [2.75, 3.05) is 0 Å². The topological polar surface area (TPSA) is 75.9 Å². The smallest absolute Gasteiger partial charge is 0.0346 e. The van der Waals surface area contributed by atoms with Crippen LogP contribution in [0.4, 0.5) is 0 Å².